The minimum absolute atomic E-state index is 0.0470. The summed E-state index contributed by atoms with van der Waals surface area (Å²) >= 11 is 0. The van der Waals surface area contributed by atoms with Gasteiger partial charge < -0.3 is 9.80 Å². The number of aromatic nitrogens is 1. The molecule has 1 saturated heterocycles. The Balaban J connectivity index is 1.65. The topological polar surface area (TPSA) is 53.5 Å². The van der Waals surface area contributed by atoms with Crippen LogP contribution in [-0.4, -0.2) is 52.8 Å². The average molecular weight is 355 g/mol. The number of halogens is 1. The Labute approximate surface area is 152 Å². The van der Waals surface area contributed by atoms with Gasteiger partial charge in [0.25, 0.3) is 5.91 Å². The van der Waals surface area contributed by atoms with Crippen LogP contribution in [0.5, 0.6) is 0 Å². The smallest absolute Gasteiger partial charge is 0.254 e. The largest absolute Gasteiger partial charge is 0.338 e. The highest BCUT2D eigenvalue weighted by Crippen LogP contribution is 2.26. The van der Waals surface area contributed by atoms with E-state index >= 15 is 0 Å². The first-order valence-electron chi connectivity index (χ1n) is 8.65. The molecule has 2 heterocycles. The summed E-state index contributed by atoms with van der Waals surface area (Å²) < 4.78 is 13.2. The van der Waals surface area contributed by atoms with Crippen LogP contribution >= 0.6 is 0 Å². The van der Waals surface area contributed by atoms with Gasteiger partial charge in [0.2, 0.25) is 11.9 Å². The van der Waals surface area contributed by atoms with E-state index in [9.17, 15) is 14.0 Å². The molecule has 1 aromatic heterocycles. The van der Waals surface area contributed by atoms with Crippen molar-refractivity contribution in [1.82, 2.24) is 14.8 Å². The van der Waals surface area contributed by atoms with Crippen molar-refractivity contribution in [3.8, 4) is 0 Å². The lowest BCUT2D eigenvalue weighted by molar-refractivity contribution is -0.137. The van der Waals surface area contributed by atoms with Gasteiger partial charge in [-0.15, -0.1) is 0 Å². The number of hydrogen-bond acceptors (Lipinski definition) is 3. The van der Waals surface area contributed by atoms with Gasteiger partial charge in [0.05, 0.1) is 5.41 Å². The number of carbonyl (C=O) groups is 2. The lowest BCUT2D eigenvalue weighted by Gasteiger charge is -2.38. The van der Waals surface area contributed by atoms with Crippen molar-refractivity contribution in [3.05, 3.63) is 65.7 Å². The number of pyridine rings is 1. The van der Waals surface area contributed by atoms with Gasteiger partial charge in [0.1, 0.15) is 0 Å². The monoisotopic (exact) mass is 355 g/mol. The zero-order chi connectivity index (χ0) is 18.7. The van der Waals surface area contributed by atoms with Gasteiger partial charge in [0, 0.05) is 44.0 Å². The van der Waals surface area contributed by atoms with E-state index in [0.29, 0.717) is 26.2 Å². The first-order chi connectivity index (χ1) is 12.4. The lowest BCUT2D eigenvalue weighted by Crippen LogP contribution is -2.54. The molecule has 0 N–H and O–H groups in total. The first-order valence-corrected chi connectivity index (χ1v) is 8.65. The lowest BCUT2D eigenvalue weighted by atomic mass is 9.83. The van der Waals surface area contributed by atoms with Crippen LogP contribution in [0.2, 0.25) is 0 Å². The molecule has 0 unspecified atom stereocenters. The van der Waals surface area contributed by atoms with Crippen LogP contribution in [0.25, 0.3) is 0 Å². The van der Waals surface area contributed by atoms with Crippen molar-refractivity contribution in [1.29, 1.82) is 0 Å². The highest BCUT2D eigenvalue weighted by Gasteiger charge is 2.35. The molecule has 0 saturated carbocycles. The summed E-state index contributed by atoms with van der Waals surface area (Å²) in [5.41, 5.74) is 0.624. The van der Waals surface area contributed by atoms with Gasteiger partial charge in [0.15, 0.2) is 0 Å². The second-order valence-electron chi connectivity index (χ2n) is 6.94. The number of nitrogens with zero attached hydrogens (tertiary/aromatic N) is 3. The van der Waals surface area contributed by atoms with Crippen molar-refractivity contribution in [2.45, 2.75) is 19.3 Å². The van der Waals surface area contributed by atoms with Crippen LogP contribution in [0.15, 0.2) is 48.7 Å². The Morgan fingerprint density at radius 1 is 1.00 bits per heavy atom. The number of carbonyl (C=O) groups excluding carboxylic acids is 2. The van der Waals surface area contributed by atoms with E-state index < -0.39 is 11.4 Å². The Bertz CT molecular complexity index is 800. The zero-order valence-corrected chi connectivity index (χ0v) is 15.0. The van der Waals surface area contributed by atoms with Crippen LogP contribution in [-0.2, 0) is 10.2 Å². The summed E-state index contributed by atoms with van der Waals surface area (Å²) in [7, 11) is 0. The molecular weight excluding hydrogens is 333 g/mol. The molecule has 1 aliphatic heterocycles. The maximum atomic E-state index is 13.2. The summed E-state index contributed by atoms with van der Waals surface area (Å²) in [6.45, 7) is 5.63. The third-order valence-electron chi connectivity index (χ3n) is 4.86. The number of amides is 2. The minimum atomic E-state index is -0.672. The normalized spacial score (nSPS) is 15.0. The molecule has 5 nitrogen and oxygen atoms in total. The maximum absolute atomic E-state index is 13.2. The third kappa shape index (κ3) is 3.59. The van der Waals surface area contributed by atoms with Gasteiger partial charge in [-0.25, -0.2) is 4.98 Å². The van der Waals surface area contributed by atoms with Crippen LogP contribution < -0.4 is 0 Å². The summed E-state index contributed by atoms with van der Waals surface area (Å²) in [5, 5.41) is 0. The third-order valence-corrected chi connectivity index (χ3v) is 4.86. The van der Waals surface area contributed by atoms with Crippen molar-refractivity contribution in [3.63, 3.8) is 0 Å². The summed E-state index contributed by atoms with van der Waals surface area (Å²) in [4.78, 5) is 32.4. The van der Waals surface area contributed by atoms with Gasteiger partial charge in [-0.05, 0) is 25.5 Å². The van der Waals surface area contributed by atoms with E-state index in [1.807, 2.05) is 44.2 Å². The number of benzene rings is 1. The summed E-state index contributed by atoms with van der Waals surface area (Å²) in [5.74, 6) is -0.860. The number of hydrogen-bond donors (Lipinski definition) is 0. The predicted octanol–water partition coefficient (Wildman–Crippen LogP) is 2.48. The molecule has 0 radical (unpaired) electrons. The van der Waals surface area contributed by atoms with E-state index in [0.717, 1.165) is 11.6 Å². The summed E-state index contributed by atoms with van der Waals surface area (Å²) in [6.07, 6.45) is 1.28. The molecule has 1 aliphatic rings. The fourth-order valence-corrected chi connectivity index (χ4v) is 3.20. The fraction of sp³-hybridized carbons (Fsp3) is 0.350. The molecule has 136 valence electrons. The first kappa shape index (κ1) is 18.0. The highest BCUT2D eigenvalue weighted by atomic mass is 19.1. The van der Waals surface area contributed by atoms with Gasteiger partial charge in [-0.2, -0.15) is 4.39 Å². The maximum Gasteiger partial charge on any atom is 0.254 e. The standard InChI is InChI=1S/C20H22FN3O2/c1-20(2,16-6-4-3-5-7-16)19(26)24-12-10-23(11-13-24)18(25)15-8-9-22-17(21)14-15/h3-9,14H,10-13H2,1-2H3. The van der Waals surface area contributed by atoms with Crippen molar-refractivity contribution in [2.75, 3.05) is 26.2 Å². The Hall–Kier alpha value is -2.76. The van der Waals surface area contributed by atoms with E-state index in [-0.39, 0.29) is 17.4 Å². The molecule has 0 atom stereocenters. The van der Waals surface area contributed by atoms with Crippen molar-refractivity contribution >= 4 is 11.8 Å². The van der Waals surface area contributed by atoms with Crippen LogP contribution in [0.4, 0.5) is 4.39 Å². The Morgan fingerprint density at radius 2 is 1.62 bits per heavy atom. The molecule has 1 aromatic carbocycles. The van der Waals surface area contributed by atoms with Crippen molar-refractivity contribution in [2.24, 2.45) is 0 Å². The SMILES string of the molecule is CC(C)(C(=O)N1CCN(C(=O)c2ccnc(F)c2)CC1)c1ccccc1. The molecule has 6 heteroatoms. The minimum Gasteiger partial charge on any atom is -0.338 e. The molecule has 0 aliphatic carbocycles. The van der Waals surface area contributed by atoms with E-state index in [1.165, 1.54) is 12.3 Å². The van der Waals surface area contributed by atoms with Gasteiger partial charge >= 0.3 is 0 Å². The van der Waals surface area contributed by atoms with E-state index in [4.69, 9.17) is 0 Å². The molecule has 0 spiro atoms. The molecule has 3 rings (SSSR count). The van der Waals surface area contributed by atoms with Crippen LogP contribution in [0.3, 0.4) is 0 Å². The average Bonchev–Trinajstić information content (AvgIpc) is 2.67. The van der Waals surface area contributed by atoms with Crippen LogP contribution in [0.1, 0.15) is 29.8 Å². The van der Waals surface area contributed by atoms with Crippen molar-refractivity contribution < 1.29 is 14.0 Å². The highest BCUT2D eigenvalue weighted by molar-refractivity contribution is 5.94. The van der Waals surface area contributed by atoms with E-state index in [2.05, 4.69) is 4.98 Å². The molecule has 26 heavy (non-hydrogen) atoms. The quantitative estimate of drug-likeness (QED) is 0.795. The molecule has 1 fully saturated rings. The van der Waals surface area contributed by atoms with Gasteiger partial charge in [-0.3, -0.25) is 9.59 Å². The molecular formula is C20H22FN3O2. The molecule has 2 amide bonds. The van der Waals surface area contributed by atoms with Crippen LogP contribution in [0, 0.1) is 5.95 Å². The second-order valence-corrected chi connectivity index (χ2v) is 6.94. The zero-order valence-electron chi connectivity index (χ0n) is 15.0. The number of rotatable bonds is 3. The second kappa shape index (κ2) is 7.23. The fourth-order valence-electron chi connectivity index (χ4n) is 3.20. The predicted molar refractivity (Wildman–Crippen MR) is 96.1 cm³/mol. The summed E-state index contributed by atoms with van der Waals surface area (Å²) in [6, 6.07) is 12.3. The van der Waals surface area contributed by atoms with E-state index in [1.54, 1.807) is 9.80 Å². The molecule has 0 bridgehead atoms. The Kier molecular flexibility index (Phi) is 5.02. The van der Waals surface area contributed by atoms with Gasteiger partial charge in [-0.1, -0.05) is 30.3 Å². The molecule has 2 aromatic rings. The Morgan fingerprint density at radius 3 is 2.23 bits per heavy atom. The number of piperazine rings is 1.